The van der Waals surface area contributed by atoms with Crippen LogP contribution in [0.25, 0.3) is 0 Å². The molecule has 2 nitrogen and oxygen atoms in total. The smallest absolute Gasteiger partial charge is 0.200 e. The zero-order valence-electron chi connectivity index (χ0n) is 7.59. The number of aliphatic imine (C=N–C) groups is 1. The molecule has 0 N–H and O–H groups in total. The lowest BCUT2D eigenvalue weighted by Gasteiger charge is -2.02. The molecule has 0 amide bonds. The van der Waals surface area contributed by atoms with Crippen LogP contribution < -0.4 is 4.74 Å². The molecule has 14 heavy (non-hydrogen) atoms. The molecule has 0 saturated carbocycles. The first-order valence-electron chi connectivity index (χ1n) is 3.47. The van der Waals surface area contributed by atoms with Crippen LogP contribution in [0.2, 0.25) is 0 Å². The minimum atomic E-state index is -1.01. The van der Waals surface area contributed by atoms with Gasteiger partial charge in [0.05, 0.1) is 12.8 Å². The second-order valence-electron chi connectivity index (χ2n) is 2.10. The molecule has 1 aromatic rings. The highest BCUT2D eigenvalue weighted by Crippen LogP contribution is 2.25. The fourth-order valence-corrected chi connectivity index (χ4v) is 0.790. The van der Waals surface area contributed by atoms with E-state index in [0.29, 0.717) is 0 Å². The van der Waals surface area contributed by atoms with Gasteiger partial charge in [0.1, 0.15) is 0 Å². The molecule has 0 atom stereocenters. The van der Waals surface area contributed by atoms with Crippen molar-refractivity contribution in [3.05, 3.63) is 23.8 Å². The summed E-state index contributed by atoms with van der Waals surface area (Å²) in [5.74, 6) is 0.666. The van der Waals surface area contributed by atoms with E-state index in [4.69, 9.17) is 0 Å². The predicted molar refractivity (Wildman–Crippen MR) is 56.8 cm³/mol. The quantitative estimate of drug-likeness (QED) is 0.561. The van der Waals surface area contributed by atoms with Gasteiger partial charge >= 0.3 is 0 Å². The Balaban J connectivity index is 0.000000791. The first kappa shape index (κ1) is 12.6. The van der Waals surface area contributed by atoms with Crippen molar-refractivity contribution in [1.82, 2.24) is 0 Å². The molecule has 0 spiro atoms. The van der Waals surface area contributed by atoms with Crippen LogP contribution in [0, 0.1) is 11.6 Å². The number of rotatable bonds is 2. The van der Waals surface area contributed by atoms with Crippen molar-refractivity contribution < 1.29 is 13.5 Å². The monoisotopic (exact) mass is 217 g/mol. The molecule has 5 heteroatoms. The number of hydrogen-bond donors (Lipinski definition) is 0. The number of hydrogen-bond acceptors (Lipinski definition) is 3. The average Bonchev–Trinajstić information content (AvgIpc) is 2.24. The van der Waals surface area contributed by atoms with Gasteiger partial charge in [-0.1, -0.05) is 12.2 Å². The Morgan fingerprint density at radius 2 is 1.93 bits per heavy atom. The van der Waals surface area contributed by atoms with E-state index in [0.717, 1.165) is 6.07 Å². The van der Waals surface area contributed by atoms with Gasteiger partial charge in [0.25, 0.3) is 0 Å². The summed E-state index contributed by atoms with van der Waals surface area (Å²) in [6.07, 6.45) is 0. The van der Waals surface area contributed by atoms with E-state index in [1.807, 2.05) is 0 Å². The maximum Gasteiger partial charge on any atom is 0.200 e. The van der Waals surface area contributed by atoms with Gasteiger partial charge in [-0.15, -0.1) is 0 Å². The molecule has 0 aliphatic heterocycles. The summed E-state index contributed by atoms with van der Waals surface area (Å²) in [5.41, 5.74) is 0.241. The zero-order chi connectivity index (χ0) is 11.1. The van der Waals surface area contributed by atoms with Crippen molar-refractivity contribution in [2.75, 3.05) is 7.11 Å². The van der Waals surface area contributed by atoms with Crippen molar-refractivity contribution in [1.29, 1.82) is 0 Å². The molecule has 0 bridgehead atoms. The third-order valence-corrected chi connectivity index (χ3v) is 1.38. The fraction of sp³-hybridized carbons (Fsp3) is 0.111. The highest BCUT2D eigenvalue weighted by Gasteiger charge is 2.09. The molecule has 0 saturated heterocycles. The van der Waals surface area contributed by atoms with Gasteiger partial charge in [-0.3, -0.25) is 4.99 Å². The number of halogens is 2. The standard InChI is InChI=1S/C8H7F2NO.CH2S/c1-11-5-3-6(9)8(10)7(4-5)12-2;1-2/h3-4H,1H2,2H3;1H2. The molecule has 0 aromatic heterocycles. The summed E-state index contributed by atoms with van der Waals surface area (Å²) >= 11 is 3.83. The van der Waals surface area contributed by atoms with Crippen LogP contribution in [-0.4, -0.2) is 19.7 Å². The Labute approximate surface area is 86.2 Å². The molecule has 0 radical (unpaired) electrons. The van der Waals surface area contributed by atoms with Crippen molar-refractivity contribution in [3.8, 4) is 5.75 Å². The van der Waals surface area contributed by atoms with Gasteiger partial charge in [-0.2, -0.15) is 4.39 Å². The van der Waals surface area contributed by atoms with Crippen molar-refractivity contribution in [2.24, 2.45) is 4.99 Å². The second kappa shape index (κ2) is 6.15. The molecule has 1 aromatic carbocycles. The van der Waals surface area contributed by atoms with Crippen LogP contribution >= 0.6 is 12.2 Å². The topological polar surface area (TPSA) is 21.6 Å². The number of thiocarbonyl (C=S) groups is 1. The first-order valence-corrected chi connectivity index (χ1v) is 4.05. The van der Waals surface area contributed by atoms with Crippen LogP contribution in [0.3, 0.4) is 0 Å². The highest BCUT2D eigenvalue weighted by atomic mass is 32.1. The minimum absolute atomic E-state index is 0.169. The maximum atomic E-state index is 12.8. The van der Waals surface area contributed by atoms with E-state index in [2.05, 4.69) is 34.5 Å². The van der Waals surface area contributed by atoms with E-state index in [1.54, 1.807) is 0 Å². The molecule has 76 valence electrons. The molecule has 0 fully saturated rings. The third kappa shape index (κ3) is 2.85. The molecule has 0 heterocycles. The Bertz CT molecular complexity index is 331. The minimum Gasteiger partial charge on any atom is -0.493 e. The summed E-state index contributed by atoms with van der Waals surface area (Å²) in [4.78, 5) is 3.44. The Morgan fingerprint density at radius 3 is 2.36 bits per heavy atom. The Hall–Kier alpha value is -1.36. The van der Waals surface area contributed by atoms with Crippen LogP contribution in [-0.2, 0) is 0 Å². The Kier molecular flexibility index (Phi) is 5.55. The number of benzene rings is 1. The maximum absolute atomic E-state index is 12.8. The van der Waals surface area contributed by atoms with Crippen LogP contribution in [0.1, 0.15) is 0 Å². The van der Waals surface area contributed by atoms with Gasteiger partial charge in [0.15, 0.2) is 11.6 Å². The number of ether oxygens (including phenoxy) is 1. The molecular weight excluding hydrogens is 208 g/mol. The number of methoxy groups -OCH3 is 1. The SMILES string of the molecule is C=Nc1cc(F)c(F)c(OC)c1.C=S. The van der Waals surface area contributed by atoms with Gasteiger partial charge in [0.2, 0.25) is 5.82 Å². The lowest BCUT2D eigenvalue weighted by molar-refractivity contribution is 0.372. The van der Waals surface area contributed by atoms with Crippen LogP contribution in [0.5, 0.6) is 5.75 Å². The van der Waals surface area contributed by atoms with Crippen molar-refractivity contribution in [2.45, 2.75) is 0 Å². The van der Waals surface area contributed by atoms with Crippen LogP contribution in [0.15, 0.2) is 17.1 Å². The first-order chi connectivity index (χ1) is 6.69. The summed E-state index contributed by atoms with van der Waals surface area (Å²) in [7, 11) is 1.25. The van der Waals surface area contributed by atoms with Gasteiger partial charge in [-0.05, 0) is 12.6 Å². The van der Waals surface area contributed by atoms with E-state index >= 15 is 0 Å². The van der Waals surface area contributed by atoms with Gasteiger partial charge < -0.3 is 4.74 Å². The lowest BCUT2D eigenvalue weighted by atomic mass is 10.3. The predicted octanol–water partition coefficient (Wildman–Crippen LogP) is 2.92. The summed E-state index contributed by atoms with van der Waals surface area (Å²) in [6.45, 7) is 3.18. The largest absolute Gasteiger partial charge is 0.493 e. The normalized spacial score (nSPS) is 8.50. The summed E-state index contributed by atoms with van der Waals surface area (Å²) < 4.78 is 30.0. The fourth-order valence-electron chi connectivity index (χ4n) is 0.790. The summed E-state index contributed by atoms with van der Waals surface area (Å²) in [5, 5.41) is 0. The van der Waals surface area contributed by atoms with Gasteiger partial charge in [-0.25, -0.2) is 4.39 Å². The molecule has 0 aliphatic rings. The average molecular weight is 217 g/mol. The summed E-state index contributed by atoms with van der Waals surface area (Å²) in [6, 6.07) is 2.22. The van der Waals surface area contributed by atoms with E-state index in [1.165, 1.54) is 13.2 Å². The molecule has 0 aliphatic carbocycles. The third-order valence-electron chi connectivity index (χ3n) is 1.38. The van der Waals surface area contributed by atoms with Crippen molar-refractivity contribution >= 4 is 30.5 Å². The van der Waals surface area contributed by atoms with Crippen LogP contribution in [0.4, 0.5) is 14.5 Å². The molecular formula is C9H9F2NOS. The van der Waals surface area contributed by atoms with E-state index < -0.39 is 11.6 Å². The molecule has 0 unspecified atom stereocenters. The lowest BCUT2D eigenvalue weighted by Crippen LogP contribution is -1.91. The van der Waals surface area contributed by atoms with E-state index in [-0.39, 0.29) is 11.4 Å². The van der Waals surface area contributed by atoms with Crippen molar-refractivity contribution in [3.63, 3.8) is 0 Å². The highest BCUT2D eigenvalue weighted by molar-refractivity contribution is 7.77. The number of nitrogens with zero attached hydrogens (tertiary/aromatic N) is 1. The Morgan fingerprint density at radius 1 is 1.36 bits per heavy atom. The van der Waals surface area contributed by atoms with E-state index in [9.17, 15) is 8.78 Å². The van der Waals surface area contributed by atoms with Gasteiger partial charge in [0, 0.05) is 12.1 Å². The molecule has 1 rings (SSSR count). The second-order valence-corrected chi connectivity index (χ2v) is 2.10. The zero-order valence-corrected chi connectivity index (χ0v) is 8.41.